The van der Waals surface area contributed by atoms with E-state index in [0.29, 0.717) is 23.4 Å². The van der Waals surface area contributed by atoms with Crippen molar-refractivity contribution in [2.45, 2.75) is 39.2 Å². The molecule has 2 aromatic heterocycles. The summed E-state index contributed by atoms with van der Waals surface area (Å²) in [5, 5.41) is 6.41. The number of hydrogen-bond donors (Lipinski definition) is 2. The van der Waals surface area contributed by atoms with Crippen LogP contribution in [0, 0.1) is 0 Å². The Bertz CT molecular complexity index is 678. The molecule has 1 unspecified atom stereocenters. The van der Waals surface area contributed by atoms with E-state index in [1.54, 1.807) is 12.3 Å². The van der Waals surface area contributed by atoms with Crippen LogP contribution in [0.2, 0.25) is 5.28 Å². The molecule has 6 nitrogen and oxygen atoms in total. The zero-order valence-electron chi connectivity index (χ0n) is 13.0. The molecule has 0 bridgehead atoms. The average Bonchev–Trinajstić information content (AvgIpc) is 2.45. The van der Waals surface area contributed by atoms with Crippen LogP contribution in [0.5, 0.6) is 0 Å². The molecule has 1 atom stereocenters. The van der Waals surface area contributed by atoms with Gasteiger partial charge in [-0.25, -0.2) is 4.98 Å². The highest BCUT2D eigenvalue weighted by atomic mass is 35.5. The first-order valence-corrected chi connectivity index (χ1v) is 7.62. The van der Waals surface area contributed by atoms with Crippen LogP contribution < -0.4 is 10.6 Å². The van der Waals surface area contributed by atoms with E-state index in [-0.39, 0.29) is 16.7 Å². The number of aromatic nitrogens is 3. The summed E-state index contributed by atoms with van der Waals surface area (Å²) in [5.74, 6) is 0.518. The molecule has 0 fully saturated rings. The third kappa shape index (κ3) is 4.04. The minimum Gasteiger partial charge on any atom is -0.361 e. The van der Waals surface area contributed by atoms with E-state index in [1.165, 1.54) is 6.92 Å². The van der Waals surface area contributed by atoms with Crippen molar-refractivity contribution in [2.24, 2.45) is 0 Å². The number of fused-ring (bicyclic) bond motifs is 1. The first-order valence-electron chi connectivity index (χ1n) is 7.24. The van der Waals surface area contributed by atoms with Crippen molar-refractivity contribution >= 4 is 34.4 Å². The molecule has 2 aromatic rings. The predicted octanol–water partition coefficient (Wildman–Crippen LogP) is 2.79. The zero-order valence-corrected chi connectivity index (χ0v) is 13.7. The summed E-state index contributed by atoms with van der Waals surface area (Å²) in [7, 11) is 0. The molecule has 22 heavy (non-hydrogen) atoms. The summed E-state index contributed by atoms with van der Waals surface area (Å²) in [6.45, 7) is 6.13. The van der Waals surface area contributed by atoms with Crippen LogP contribution in [0.3, 0.4) is 0 Å². The van der Waals surface area contributed by atoms with E-state index in [2.05, 4.69) is 32.5 Å². The third-order valence-corrected chi connectivity index (χ3v) is 3.55. The topological polar surface area (TPSA) is 79.8 Å². The molecule has 0 radical (unpaired) electrons. The Morgan fingerprint density at radius 3 is 2.86 bits per heavy atom. The summed E-state index contributed by atoms with van der Waals surface area (Å²) in [4.78, 5) is 24.0. The summed E-state index contributed by atoms with van der Waals surface area (Å²) >= 11 is 6.00. The minimum atomic E-state index is -0.345. The molecule has 0 aliphatic rings. The van der Waals surface area contributed by atoms with Gasteiger partial charge in [0.1, 0.15) is 5.52 Å². The van der Waals surface area contributed by atoms with Gasteiger partial charge in [0.2, 0.25) is 11.2 Å². The second-order valence-electron chi connectivity index (χ2n) is 5.56. The third-order valence-electron chi connectivity index (χ3n) is 3.38. The summed E-state index contributed by atoms with van der Waals surface area (Å²) in [6, 6.07) is 3.64. The molecular formula is C15H20ClN5O. The Morgan fingerprint density at radius 2 is 2.18 bits per heavy atom. The maximum absolute atomic E-state index is 11.2. The molecule has 2 N–H and O–H groups in total. The molecule has 118 valence electrons. The fourth-order valence-corrected chi connectivity index (χ4v) is 2.55. The van der Waals surface area contributed by atoms with Gasteiger partial charge < -0.3 is 10.6 Å². The number of nitrogens with one attached hydrogen (secondary N) is 2. The van der Waals surface area contributed by atoms with Crippen LogP contribution in [0.4, 0.5) is 5.82 Å². The Morgan fingerprint density at radius 1 is 1.41 bits per heavy atom. The van der Waals surface area contributed by atoms with Gasteiger partial charge in [-0.1, -0.05) is 13.3 Å². The van der Waals surface area contributed by atoms with Gasteiger partial charge in [-0.2, -0.15) is 4.98 Å². The van der Waals surface area contributed by atoms with E-state index in [9.17, 15) is 4.79 Å². The highest BCUT2D eigenvalue weighted by Crippen LogP contribution is 2.24. The molecule has 7 heteroatoms. The van der Waals surface area contributed by atoms with Crippen LogP contribution in [0.15, 0.2) is 18.3 Å². The van der Waals surface area contributed by atoms with Gasteiger partial charge in [0.05, 0.1) is 11.1 Å². The van der Waals surface area contributed by atoms with Crippen molar-refractivity contribution in [1.82, 2.24) is 20.3 Å². The highest BCUT2D eigenvalue weighted by molar-refractivity contribution is 6.28. The molecule has 2 heterocycles. The number of pyridine rings is 1. The lowest BCUT2D eigenvalue weighted by molar-refractivity contribution is -0.119. The summed E-state index contributed by atoms with van der Waals surface area (Å²) < 4.78 is 0. The summed E-state index contributed by atoms with van der Waals surface area (Å²) in [5.41, 5.74) is 1.00. The maximum Gasteiger partial charge on any atom is 0.225 e. The first-order chi connectivity index (χ1) is 10.4. The average molecular weight is 322 g/mol. The molecule has 0 saturated carbocycles. The van der Waals surface area contributed by atoms with Crippen molar-refractivity contribution in [3.05, 3.63) is 23.6 Å². The van der Waals surface area contributed by atoms with E-state index >= 15 is 0 Å². The molecule has 1 amide bonds. The zero-order chi connectivity index (χ0) is 16.2. The second-order valence-corrected chi connectivity index (χ2v) is 5.90. The van der Waals surface area contributed by atoms with Crippen LogP contribution in [0.1, 0.15) is 33.6 Å². The monoisotopic (exact) mass is 321 g/mol. The Hall–Kier alpha value is -1.95. The first kappa shape index (κ1) is 16.4. The quantitative estimate of drug-likeness (QED) is 0.800. The Labute approximate surface area is 134 Å². The predicted molar refractivity (Wildman–Crippen MR) is 88.0 cm³/mol. The molecule has 0 aliphatic heterocycles. The largest absolute Gasteiger partial charge is 0.361 e. The number of carbonyl (C=O) groups excluding carboxylic acids is 1. The fraction of sp³-hybridized carbons (Fsp3) is 0.467. The lowest BCUT2D eigenvalue weighted by atomic mass is 9.95. The molecule has 0 aliphatic carbocycles. The van der Waals surface area contributed by atoms with Crippen LogP contribution in [0.25, 0.3) is 11.0 Å². The number of halogens is 1. The van der Waals surface area contributed by atoms with Gasteiger partial charge in [-0.3, -0.25) is 9.78 Å². The van der Waals surface area contributed by atoms with Gasteiger partial charge in [0.25, 0.3) is 0 Å². The van der Waals surface area contributed by atoms with Crippen molar-refractivity contribution in [1.29, 1.82) is 0 Å². The van der Waals surface area contributed by atoms with Gasteiger partial charge in [-0.15, -0.1) is 0 Å². The number of nitrogens with zero attached hydrogens (tertiary/aromatic N) is 3. The molecule has 2 rings (SSSR count). The Balaban J connectivity index is 2.35. The lowest BCUT2D eigenvalue weighted by Gasteiger charge is -2.31. The fourth-order valence-electron chi connectivity index (χ4n) is 2.38. The second kappa shape index (κ2) is 6.87. The van der Waals surface area contributed by atoms with Crippen LogP contribution in [-0.2, 0) is 4.79 Å². The molecule has 0 spiro atoms. The maximum atomic E-state index is 11.2. The van der Waals surface area contributed by atoms with Crippen molar-refractivity contribution < 1.29 is 4.79 Å². The number of carbonyl (C=O) groups is 1. The van der Waals surface area contributed by atoms with E-state index in [0.717, 1.165) is 12.8 Å². The summed E-state index contributed by atoms with van der Waals surface area (Å²) in [6.07, 6.45) is 3.52. The SMILES string of the molecule is CCCC(C)(CNC(C)=O)Nc1nc(Cl)nc2cccnc12. The van der Waals surface area contributed by atoms with E-state index in [4.69, 9.17) is 11.6 Å². The number of anilines is 1. The van der Waals surface area contributed by atoms with Gasteiger partial charge >= 0.3 is 0 Å². The number of amides is 1. The van der Waals surface area contributed by atoms with Crippen molar-refractivity contribution in [3.63, 3.8) is 0 Å². The smallest absolute Gasteiger partial charge is 0.225 e. The van der Waals surface area contributed by atoms with Gasteiger partial charge in [0.15, 0.2) is 5.82 Å². The normalized spacial score (nSPS) is 13.6. The highest BCUT2D eigenvalue weighted by Gasteiger charge is 2.25. The van der Waals surface area contributed by atoms with E-state index in [1.807, 2.05) is 13.0 Å². The van der Waals surface area contributed by atoms with E-state index < -0.39 is 0 Å². The van der Waals surface area contributed by atoms with Crippen molar-refractivity contribution in [2.75, 3.05) is 11.9 Å². The number of hydrogen-bond acceptors (Lipinski definition) is 5. The molecular weight excluding hydrogens is 302 g/mol. The molecule has 0 saturated heterocycles. The van der Waals surface area contributed by atoms with Crippen LogP contribution in [-0.4, -0.2) is 32.9 Å². The van der Waals surface area contributed by atoms with Crippen LogP contribution >= 0.6 is 11.6 Å². The molecule has 0 aromatic carbocycles. The van der Waals surface area contributed by atoms with Crippen molar-refractivity contribution in [3.8, 4) is 0 Å². The Kier molecular flexibility index (Phi) is 5.13. The standard InChI is InChI=1S/C15H20ClN5O/c1-4-7-15(3,9-18-10(2)22)21-13-12-11(6-5-8-17-12)19-14(16)20-13/h5-6,8H,4,7,9H2,1-3H3,(H,18,22)(H,19,20,21). The van der Waals surface area contributed by atoms with Gasteiger partial charge in [0, 0.05) is 19.7 Å². The lowest BCUT2D eigenvalue weighted by Crippen LogP contribution is -2.46. The minimum absolute atomic E-state index is 0.0622. The van der Waals surface area contributed by atoms with Gasteiger partial charge in [-0.05, 0) is 37.1 Å². The number of rotatable bonds is 6.